The number of ether oxygens (including phenoxy) is 1. The van der Waals surface area contributed by atoms with Gasteiger partial charge in [0.1, 0.15) is 0 Å². The van der Waals surface area contributed by atoms with Crippen molar-refractivity contribution >= 4 is 41.7 Å². The molecule has 0 bridgehead atoms. The third-order valence-corrected chi connectivity index (χ3v) is 7.43. The molecule has 1 aliphatic heterocycles. The van der Waals surface area contributed by atoms with Gasteiger partial charge in [-0.1, -0.05) is 19.3 Å². The highest BCUT2D eigenvalue weighted by atomic mass is 127. The first kappa shape index (κ1) is 22.6. The van der Waals surface area contributed by atoms with Crippen molar-refractivity contribution in [1.29, 1.82) is 0 Å². The van der Waals surface area contributed by atoms with Crippen LogP contribution in [0.3, 0.4) is 0 Å². The van der Waals surface area contributed by atoms with E-state index >= 15 is 0 Å². The molecule has 26 heavy (non-hydrogen) atoms. The van der Waals surface area contributed by atoms with Gasteiger partial charge in [-0.2, -0.15) is 11.8 Å². The molecule has 0 spiro atoms. The minimum Gasteiger partial charge on any atom is -0.379 e. The average Bonchev–Trinajstić information content (AvgIpc) is 3.14. The molecule has 2 saturated carbocycles. The van der Waals surface area contributed by atoms with Crippen LogP contribution in [0.1, 0.15) is 51.4 Å². The second-order valence-corrected chi connectivity index (χ2v) is 8.96. The quantitative estimate of drug-likeness (QED) is 0.348. The van der Waals surface area contributed by atoms with E-state index in [0.29, 0.717) is 6.04 Å². The summed E-state index contributed by atoms with van der Waals surface area (Å²) in [6.07, 6.45) is 12.8. The third-order valence-electron chi connectivity index (χ3n) is 6.33. The van der Waals surface area contributed by atoms with Gasteiger partial charge in [0, 0.05) is 43.5 Å². The summed E-state index contributed by atoms with van der Waals surface area (Å²) in [7, 11) is 1.90. The van der Waals surface area contributed by atoms with Crippen LogP contribution in [-0.2, 0) is 4.74 Å². The molecule has 2 N–H and O–H groups in total. The van der Waals surface area contributed by atoms with Gasteiger partial charge in [-0.05, 0) is 38.4 Å². The summed E-state index contributed by atoms with van der Waals surface area (Å²) in [6.45, 7) is 4.92. The molecule has 3 aliphatic rings. The van der Waals surface area contributed by atoms with Crippen LogP contribution >= 0.6 is 35.7 Å². The SMILES string of the molecule is CN=C(NCC1(N2CCOCC2)CCCCC1)NC1CCC(SC)C1.I. The molecule has 5 nitrogen and oxygen atoms in total. The molecule has 0 aromatic rings. The monoisotopic (exact) mass is 496 g/mol. The second kappa shape index (κ2) is 11.3. The fraction of sp³-hybridized carbons (Fsp3) is 0.947. The number of guanidine groups is 1. The van der Waals surface area contributed by atoms with Crippen molar-refractivity contribution in [3.05, 3.63) is 0 Å². The van der Waals surface area contributed by atoms with E-state index in [-0.39, 0.29) is 29.5 Å². The number of aliphatic imine (C=N–C) groups is 1. The van der Waals surface area contributed by atoms with Gasteiger partial charge in [-0.25, -0.2) is 0 Å². The highest BCUT2D eigenvalue weighted by Gasteiger charge is 2.38. The molecule has 0 aromatic carbocycles. The Hall–Kier alpha value is 0.270. The van der Waals surface area contributed by atoms with Gasteiger partial charge in [0.15, 0.2) is 5.96 Å². The summed E-state index contributed by atoms with van der Waals surface area (Å²) in [5, 5.41) is 8.17. The zero-order valence-corrected chi connectivity index (χ0v) is 19.6. The molecular weight excluding hydrogens is 459 g/mol. The van der Waals surface area contributed by atoms with Crippen molar-refractivity contribution in [2.75, 3.05) is 46.2 Å². The van der Waals surface area contributed by atoms with E-state index in [0.717, 1.165) is 44.1 Å². The molecule has 2 unspecified atom stereocenters. The van der Waals surface area contributed by atoms with Crippen LogP contribution in [0.4, 0.5) is 0 Å². The van der Waals surface area contributed by atoms with E-state index < -0.39 is 0 Å². The van der Waals surface area contributed by atoms with Crippen LogP contribution in [0.25, 0.3) is 0 Å². The Balaban J connectivity index is 0.00000243. The Morgan fingerprint density at radius 2 is 1.92 bits per heavy atom. The summed E-state index contributed by atoms with van der Waals surface area (Å²) in [6, 6.07) is 0.578. The number of thioether (sulfide) groups is 1. The van der Waals surface area contributed by atoms with Crippen LogP contribution in [-0.4, -0.2) is 73.8 Å². The van der Waals surface area contributed by atoms with Crippen LogP contribution in [0.5, 0.6) is 0 Å². The lowest BCUT2D eigenvalue weighted by Crippen LogP contribution is -2.60. The molecule has 0 aromatic heterocycles. The number of halogens is 1. The highest BCUT2D eigenvalue weighted by molar-refractivity contribution is 14.0. The van der Waals surface area contributed by atoms with Crippen LogP contribution < -0.4 is 10.6 Å². The molecule has 0 radical (unpaired) electrons. The van der Waals surface area contributed by atoms with Gasteiger partial charge in [0.2, 0.25) is 0 Å². The van der Waals surface area contributed by atoms with Gasteiger partial charge in [-0.15, -0.1) is 24.0 Å². The maximum atomic E-state index is 5.59. The lowest BCUT2D eigenvalue weighted by Gasteiger charge is -2.48. The molecule has 3 rings (SSSR count). The van der Waals surface area contributed by atoms with Crippen molar-refractivity contribution in [2.45, 2.75) is 68.2 Å². The maximum Gasteiger partial charge on any atom is 0.191 e. The number of morpholine rings is 1. The van der Waals surface area contributed by atoms with Crippen LogP contribution in [0, 0.1) is 0 Å². The van der Waals surface area contributed by atoms with Gasteiger partial charge in [-0.3, -0.25) is 9.89 Å². The molecule has 152 valence electrons. The van der Waals surface area contributed by atoms with E-state index in [1.165, 1.54) is 51.4 Å². The predicted molar refractivity (Wildman–Crippen MR) is 123 cm³/mol. The van der Waals surface area contributed by atoms with Crippen molar-refractivity contribution < 1.29 is 4.74 Å². The first-order valence-electron chi connectivity index (χ1n) is 10.1. The predicted octanol–water partition coefficient (Wildman–Crippen LogP) is 3.09. The fourth-order valence-electron chi connectivity index (χ4n) is 4.77. The van der Waals surface area contributed by atoms with Crippen molar-refractivity contribution in [3.8, 4) is 0 Å². The number of nitrogens with one attached hydrogen (secondary N) is 2. The van der Waals surface area contributed by atoms with E-state index in [1.807, 2.05) is 18.8 Å². The van der Waals surface area contributed by atoms with Gasteiger partial charge in [0.25, 0.3) is 0 Å². The standard InChI is InChI=1S/C19H36N4OS.HI/c1-20-18(22-16-6-7-17(14-16)25-2)21-15-19(8-4-3-5-9-19)23-10-12-24-13-11-23;/h16-17H,3-15H2,1-2H3,(H2,20,21,22);1H. The summed E-state index contributed by atoms with van der Waals surface area (Å²) in [4.78, 5) is 7.20. The minimum absolute atomic E-state index is 0. The Bertz CT molecular complexity index is 439. The topological polar surface area (TPSA) is 48.9 Å². The number of rotatable bonds is 5. The Morgan fingerprint density at radius 1 is 1.19 bits per heavy atom. The average molecular weight is 497 g/mol. The number of nitrogens with zero attached hydrogens (tertiary/aromatic N) is 2. The molecule has 2 atom stereocenters. The third kappa shape index (κ3) is 5.88. The number of hydrogen-bond acceptors (Lipinski definition) is 4. The highest BCUT2D eigenvalue weighted by Crippen LogP contribution is 2.34. The normalized spacial score (nSPS) is 29.8. The van der Waals surface area contributed by atoms with E-state index in [2.05, 4.69) is 26.8 Å². The second-order valence-electron chi connectivity index (χ2n) is 7.82. The summed E-state index contributed by atoms with van der Waals surface area (Å²) in [5.74, 6) is 0.991. The fourth-order valence-corrected chi connectivity index (χ4v) is 5.57. The first-order chi connectivity index (χ1) is 12.3. The number of hydrogen-bond donors (Lipinski definition) is 2. The van der Waals surface area contributed by atoms with E-state index in [4.69, 9.17) is 4.74 Å². The smallest absolute Gasteiger partial charge is 0.191 e. The molecule has 0 amide bonds. The minimum atomic E-state index is 0. The van der Waals surface area contributed by atoms with Crippen molar-refractivity contribution in [3.63, 3.8) is 0 Å². The van der Waals surface area contributed by atoms with Crippen LogP contribution in [0.15, 0.2) is 4.99 Å². The molecule has 3 fully saturated rings. The summed E-state index contributed by atoms with van der Waals surface area (Å²) >= 11 is 2.01. The zero-order chi connectivity index (χ0) is 17.5. The lowest BCUT2D eigenvalue weighted by molar-refractivity contribution is -0.0352. The molecule has 1 heterocycles. The summed E-state index contributed by atoms with van der Waals surface area (Å²) in [5.41, 5.74) is 0.289. The largest absolute Gasteiger partial charge is 0.379 e. The zero-order valence-electron chi connectivity index (χ0n) is 16.5. The molecule has 1 saturated heterocycles. The van der Waals surface area contributed by atoms with Gasteiger partial charge >= 0.3 is 0 Å². The van der Waals surface area contributed by atoms with E-state index in [1.54, 1.807) is 0 Å². The molecule has 2 aliphatic carbocycles. The van der Waals surface area contributed by atoms with Crippen LogP contribution in [0.2, 0.25) is 0 Å². The first-order valence-corrected chi connectivity index (χ1v) is 11.4. The molecule has 7 heteroatoms. The van der Waals surface area contributed by atoms with Crippen molar-refractivity contribution in [2.24, 2.45) is 4.99 Å². The molecular formula is C19H37IN4OS. The lowest BCUT2D eigenvalue weighted by atomic mass is 9.80. The summed E-state index contributed by atoms with van der Waals surface area (Å²) < 4.78 is 5.59. The van der Waals surface area contributed by atoms with E-state index in [9.17, 15) is 0 Å². The van der Waals surface area contributed by atoms with Gasteiger partial charge < -0.3 is 15.4 Å². The Kier molecular flexibility index (Phi) is 9.82. The Morgan fingerprint density at radius 3 is 2.54 bits per heavy atom. The maximum absolute atomic E-state index is 5.59. The Labute approximate surface area is 180 Å². The van der Waals surface area contributed by atoms with Gasteiger partial charge in [0.05, 0.1) is 13.2 Å². The van der Waals surface area contributed by atoms with Crippen molar-refractivity contribution in [1.82, 2.24) is 15.5 Å².